The number of terminal acetylenes is 1. The molecule has 1 atom stereocenters. The Morgan fingerprint density at radius 3 is 2.71 bits per heavy atom. The van der Waals surface area contributed by atoms with Crippen LogP contribution in [0.2, 0.25) is 0 Å². The van der Waals surface area contributed by atoms with Crippen molar-refractivity contribution in [2.75, 3.05) is 0 Å². The van der Waals surface area contributed by atoms with Crippen LogP contribution in [0, 0.1) is 18.3 Å². The van der Waals surface area contributed by atoms with Gasteiger partial charge in [0.2, 0.25) is 0 Å². The predicted molar refractivity (Wildman–Crippen MR) is 30.7 cm³/mol. The van der Waals surface area contributed by atoms with Crippen LogP contribution in [0.5, 0.6) is 0 Å². The Kier molecular flexibility index (Phi) is 0.906. The third-order valence-electron chi connectivity index (χ3n) is 1.21. The minimum absolute atomic E-state index is 0.742. The Morgan fingerprint density at radius 1 is 2.00 bits per heavy atom. The van der Waals surface area contributed by atoms with E-state index in [9.17, 15) is 0 Å². The molecule has 0 saturated carbocycles. The zero-order valence-corrected chi connectivity index (χ0v) is 4.44. The molecule has 0 heteroatoms. The molecule has 0 aromatic heterocycles. The van der Waals surface area contributed by atoms with E-state index >= 15 is 0 Å². The fourth-order valence-corrected chi connectivity index (χ4v) is 0.764. The van der Waals surface area contributed by atoms with Gasteiger partial charge in [-0.1, -0.05) is 18.9 Å². The first-order valence-corrected chi connectivity index (χ1v) is 2.50. The van der Waals surface area contributed by atoms with Crippen molar-refractivity contribution in [3.63, 3.8) is 0 Å². The van der Waals surface area contributed by atoms with Crippen LogP contribution in [0.15, 0.2) is 11.6 Å². The van der Waals surface area contributed by atoms with Crippen LogP contribution in [0.1, 0.15) is 13.3 Å². The molecule has 1 unspecified atom stereocenters. The second-order valence-electron chi connectivity index (χ2n) is 2.02. The maximum atomic E-state index is 5.08. The van der Waals surface area contributed by atoms with Crippen molar-refractivity contribution in [1.82, 2.24) is 0 Å². The van der Waals surface area contributed by atoms with Crippen molar-refractivity contribution in [2.45, 2.75) is 13.3 Å². The highest BCUT2D eigenvalue weighted by Crippen LogP contribution is 2.23. The summed E-state index contributed by atoms with van der Waals surface area (Å²) in [5, 5.41) is 0. The summed E-state index contributed by atoms with van der Waals surface area (Å²) in [5.41, 5.74) is 1.17. The van der Waals surface area contributed by atoms with Gasteiger partial charge in [0.25, 0.3) is 0 Å². The largest absolute Gasteiger partial charge is 0.115 e. The Bertz CT molecular complexity index is 135. The van der Waals surface area contributed by atoms with E-state index in [2.05, 4.69) is 18.9 Å². The van der Waals surface area contributed by atoms with Crippen LogP contribution in [0.25, 0.3) is 0 Å². The van der Waals surface area contributed by atoms with Crippen LogP contribution >= 0.6 is 0 Å². The molecule has 0 nitrogen and oxygen atoms in total. The molecule has 1 rings (SSSR count). The monoisotopic (exact) mass is 92.1 g/mol. The normalized spacial score (nSPS) is 27.4. The highest BCUT2D eigenvalue weighted by Gasteiger charge is 2.10. The quantitative estimate of drug-likeness (QED) is 0.398. The molecule has 0 aromatic carbocycles. The summed E-state index contributed by atoms with van der Waals surface area (Å²) in [6, 6.07) is 0. The molecular weight excluding hydrogens is 84.1 g/mol. The van der Waals surface area contributed by atoms with Gasteiger partial charge in [-0.15, -0.1) is 6.42 Å². The third-order valence-corrected chi connectivity index (χ3v) is 1.21. The fourth-order valence-electron chi connectivity index (χ4n) is 0.764. The molecule has 0 spiro atoms. The second kappa shape index (κ2) is 1.42. The zero-order chi connectivity index (χ0) is 5.28. The van der Waals surface area contributed by atoms with Gasteiger partial charge in [0, 0.05) is 0 Å². The minimum Gasteiger partial charge on any atom is -0.115 e. The highest BCUT2D eigenvalue weighted by molar-refractivity contribution is 5.32. The number of hydrogen-bond donors (Lipinski definition) is 0. The van der Waals surface area contributed by atoms with Crippen molar-refractivity contribution in [2.24, 2.45) is 5.92 Å². The minimum atomic E-state index is 0.742. The molecule has 0 N–H and O–H groups in total. The summed E-state index contributed by atoms with van der Waals surface area (Å²) in [6.07, 6.45) is 8.32. The van der Waals surface area contributed by atoms with E-state index in [1.54, 1.807) is 0 Å². The molecule has 0 bridgehead atoms. The summed E-state index contributed by atoms with van der Waals surface area (Å²) >= 11 is 0. The average molecular weight is 92.1 g/mol. The van der Waals surface area contributed by atoms with E-state index in [0.717, 1.165) is 12.3 Å². The lowest BCUT2D eigenvalue weighted by Crippen LogP contribution is -2.02. The number of rotatable bonds is 0. The topological polar surface area (TPSA) is 0 Å². The molecular formula is C7H8. The van der Waals surface area contributed by atoms with E-state index in [1.165, 1.54) is 5.57 Å². The zero-order valence-electron chi connectivity index (χ0n) is 4.44. The fraction of sp³-hybridized carbons (Fsp3) is 0.429. The lowest BCUT2D eigenvalue weighted by molar-refractivity contribution is 0.658. The number of hydrogen-bond acceptors (Lipinski definition) is 0. The molecule has 0 aromatic rings. The van der Waals surface area contributed by atoms with E-state index in [1.807, 2.05) is 0 Å². The summed E-state index contributed by atoms with van der Waals surface area (Å²) in [7, 11) is 0. The van der Waals surface area contributed by atoms with E-state index in [0.29, 0.717) is 0 Å². The summed E-state index contributed by atoms with van der Waals surface area (Å²) < 4.78 is 0. The predicted octanol–water partition coefficient (Wildman–Crippen LogP) is 1.59. The molecule has 1 aliphatic rings. The van der Waals surface area contributed by atoms with Crippen LogP contribution in [0.3, 0.4) is 0 Å². The molecule has 0 heterocycles. The smallest absolute Gasteiger partial charge is 0.00137 e. The Morgan fingerprint density at radius 2 is 2.57 bits per heavy atom. The summed E-state index contributed by atoms with van der Waals surface area (Å²) in [6.45, 7) is 2.17. The van der Waals surface area contributed by atoms with E-state index in [4.69, 9.17) is 6.42 Å². The van der Waals surface area contributed by atoms with Crippen molar-refractivity contribution >= 4 is 0 Å². The lowest BCUT2D eigenvalue weighted by Gasteiger charge is -2.15. The SMILES string of the molecule is C#CC1=CC(C)C1. The van der Waals surface area contributed by atoms with Crippen LogP contribution < -0.4 is 0 Å². The van der Waals surface area contributed by atoms with Crippen LogP contribution in [0.4, 0.5) is 0 Å². The Hall–Kier alpha value is -0.700. The molecule has 0 amide bonds. The van der Waals surface area contributed by atoms with Gasteiger partial charge < -0.3 is 0 Å². The first kappa shape index (κ1) is 4.46. The first-order chi connectivity index (χ1) is 3.33. The third kappa shape index (κ3) is 0.667. The average Bonchev–Trinajstić information content (AvgIpc) is 1.58. The number of allylic oxidation sites excluding steroid dienone is 2. The maximum absolute atomic E-state index is 5.08. The van der Waals surface area contributed by atoms with Crippen molar-refractivity contribution < 1.29 is 0 Å². The Balaban J connectivity index is 2.55. The van der Waals surface area contributed by atoms with Gasteiger partial charge in [0.05, 0.1) is 0 Å². The standard InChI is InChI=1S/C7H8/c1-3-7-4-6(2)5-7/h1,4,6H,5H2,2H3. The van der Waals surface area contributed by atoms with Gasteiger partial charge in [-0.2, -0.15) is 0 Å². The molecule has 7 heavy (non-hydrogen) atoms. The molecule has 0 fully saturated rings. The lowest BCUT2D eigenvalue weighted by atomic mass is 9.89. The van der Waals surface area contributed by atoms with E-state index in [-0.39, 0.29) is 0 Å². The van der Waals surface area contributed by atoms with E-state index < -0.39 is 0 Å². The highest BCUT2D eigenvalue weighted by atomic mass is 14.1. The van der Waals surface area contributed by atoms with Crippen molar-refractivity contribution in [3.8, 4) is 12.3 Å². The Labute approximate surface area is 44.2 Å². The van der Waals surface area contributed by atoms with Crippen molar-refractivity contribution in [3.05, 3.63) is 11.6 Å². The van der Waals surface area contributed by atoms with Gasteiger partial charge in [-0.25, -0.2) is 0 Å². The molecule has 1 aliphatic carbocycles. The maximum Gasteiger partial charge on any atom is -0.00137 e. The van der Waals surface area contributed by atoms with Gasteiger partial charge in [-0.05, 0) is 17.9 Å². The van der Waals surface area contributed by atoms with Gasteiger partial charge in [0.15, 0.2) is 0 Å². The second-order valence-corrected chi connectivity index (χ2v) is 2.02. The van der Waals surface area contributed by atoms with Crippen molar-refractivity contribution in [1.29, 1.82) is 0 Å². The van der Waals surface area contributed by atoms with Gasteiger partial charge >= 0.3 is 0 Å². The van der Waals surface area contributed by atoms with Crippen LogP contribution in [-0.2, 0) is 0 Å². The van der Waals surface area contributed by atoms with Gasteiger partial charge in [0.1, 0.15) is 0 Å². The molecule has 36 valence electrons. The van der Waals surface area contributed by atoms with Crippen LogP contribution in [-0.4, -0.2) is 0 Å². The molecule has 0 saturated heterocycles. The summed E-state index contributed by atoms with van der Waals surface area (Å²) in [4.78, 5) is 0. The van der Waals surface area contributed by atoms with Gasteiger partial charge in [-0.3, -0.25) is 0 Å². The first-order valence-electron chi connectivity index (χ1n) is 2.50. The summed E-state index contributed by atoms with van der Waals surface area (Å²) in [5.74, 6) is 3.33. The molecule has 0 radical (unpaired) electrons. The molecule has 0 aliphatic heterocycles.